The van der Waals surface area contributed by atoms with E-state index in [0.717, 1.165) is 39.9 Å². The molecule has 0 atom stereocenters. The molecule has 2 nitrogen and oxygen atoms in total. The normalized spacial score (nSPS) is 10.6. The maximum atomic E-state index is 9.22. The van der Waals surface area contributed by atoms with Gasteiger partial charge in [-0.1, -0.05) is 29.8 Å². The van der Waals surface area contributed by atoms with Crippen LogP contribution < -0.4 is 0 Å². The SMILES string of the molecule is N#Cc1cc(CCc2ccccc2Cl)cc2cc[nH]c12. The number of aromatic amines is 1. The van der Waals surface area contributed by atoms with Crippen LogP contribution in [0.25, 0.3) is 10.9 Å². The molecule has 1 heterocycles. The van der Waals surface area contributed by atoms with Crippen LogP contribution in [0.5, 0.6) is 0 Å². The van der Waals surface area contributed by atoms with Crippen LogP contribution in [0.3, 0.4) is 0 Å². The first kappa shape index (κ1) is 12.8. The number of benzene rings is 2. The molecule has 0 saturated heterocycles. The number of rotatable bonds is 3. The molecule has 2 aromatic carbocycles. The minimum atomic E-state index is 0.696. The number of fused-ring (bicyclic) bond motifs is 1. The van der Waals surface area contributed by atoms with Gasteiger partial charge in [-0.15, -0.1) is 0 Å². The number of nitriles is 1. The van der Waals surface area contributed by atoms with Gasteiger partial charge in [-0.3, -0.25) is 0 Å². The van der Waals surface area contributed by atoms with Crippen molar-refractivity contribution in [1.82, 2.24) is 4.98 Å². The summed E-state index contributed by atoms with van der Waals surface area (Å²) in [5.41, 5.74) is 3.91. The fraction of sp³-hybridized carbons (Fsp3) is 0.118. The lowest BCUT2D eigenvalue weighted by Gasteiger charge is -2.05. The lowest BCUT2D eigenvalue weighted by molar-refractivity contribution is 0.962. The zero-order valence-electron chi connectivity index (χ0n) is 10.9. The summed E-state index contributed by atoms with van der Waals surface area (Å²) in [7, 11) is 0. The van der Waals surface area contributed by atoms with E-state index in [9.17, 15) is 5.26 Å². The van der Waals surface area contributed by atoms with Gasteiger partial charge in [0.25, 0.3) is 0 Å². The molecule has 0 radical (unpaired) electrons. The highest BCUT2D eigenvalue weighted by molar-refractivity contribution is 6.31. The minimum Gasteiger partial charge on any atom is -0.360 e. The van der Waals surface area contributed by atoms with Crippen molar-refractivity contribution in [2.75, 3.05) is 0 Å². The maximum Gasteiger partial charge on any atom is 0.101 e. The van der Waals surface area contributed by atoms with Gasteiger partial charge in [0, 0.05) is 16.6 Å². The summed E-state index contributed by atoms with van der Waals surface area (Å²) in [6, 6.07) is 16.2. The van der Waals surface area contributed by atoms with Crippen molar-refractivity contribution in [3.05, 3.63) is 70.4 Å². The second-order valence-corrected chi connectivity index (χ2v) is 5.20. The number of aryl methyl sites for hydroxylation is 2. The second-order valence-electron chi connectivity index (χ2n) is 4.79. The van der Waals surface area contributed by atoms with E-state index >= 15 is 0 Å². The minimum absolute atomic E-state index is 0.696. The number of nitrogens with one attached hydrogen (secondary N) is 1. The van der Waals surface area contributed by atoms with E-state index < -0.39 is 0 Å². The van der Waals surface area contributed by atoms with E-state index in [0.29, 0.717) is 5.56 Å². The molecule has 0 unspecified atom stereocenters. The lowest BCUT2D eigenvalue weighted by atomic mass is 10.0. The Hall–Kier alpha value is -2.24. The Morgan fingerprint density at radius 1 is 1.10 bits per heavy atom. The van der Waals surface area contributed by atoms with Gasteiger partial charge in [0.15, 0.2) is 0 Å². The van der Waals surface area contributed by atoms with Crippen LogP contribution in [0.15, 0.2) is 48.7 Å². The molecule has 0 bridgehead atoms. The molecule has 0 fully saturated rings. The van der Waals surface area contributed by atoms with Crippen LogP contribution in [-0.2, 0) is 12.8 Å². The zero-order chi connectivity index (χ0) is 13.9. The van der Waals surface area contributed by atoms with Crippen LogP contribution >= 0.6 is 11.6 Å². The largest absolute Gasteiger partial charge is 0.360 e. The van der Waals surface area contributed by atoms with E-state index in [4.69, 9.17) is 11.6 Å². The molecule has 0 aliphatic carbocycles. The van der Waals surface area contributed by atoms with Crippen molar-refractivity contribution in [3.63, 3.8) is 0 Å². The molecule has 0 aliphatic rings. The van der Waals surface area contributed by atoms with Crippen LogP contribution in [0.1, 0.15) is 16.7 Å². The van der Waals surface area contributed by atoms with Crippen LogP contribution in [0, 0.1) is 11.3 Å². The smallest absolute Gasteiger partial charge is 0.101 e. The van der Waals surface area contributed by atoms with Gasteiger partial charge in [0.05, 0.1) is 11.1 Å². The van der Waals surface area contributed by atoms with Gasteiger partial charge < -0.3 is 4.98 Å². The van der Waals surface area contributed by atoms with Crippen molar-refractivity contribution in [3.8, 4) is 6.07 Å². The van der Waals surface area contributed by atoms with E-state index in [-0.39, 0.29) is 0 Å². The highest BCUT2D eigenvalue weighted by atomic mass is 35.5. The molecule has 3 aromatic rings. The van der Waals surface area contributed by atoms with Gasteiger partial charge in [0.1, 0.15) is 6.07 Å². The number of nitrogens with zero attached hydrogens (tertiary/aromatic N) is 1. The van der Waals surface area contributed by atoms with Crippen molar-refractivity contribution in [2.45, 2.75) is 12.8 Å². The van der Waals surface area contributed by atoms with Crippen molar-refractivity contribution >= 4 is 22.5 Å². The molecular formula is C17H13ClN2. The first-order valence-electron chi connectivity index (χ1n) is 6.51. The molecule has 1 aromatic heterocycles. The molecule has 3 heteroatoms. The monoisotopic (exact) mass is 280 g/mol. The molecule has 20 heavy (non-hydrogen) atoms. The van der Waals surface area contributed by atoms with Crippen molar-refractivity contribution < 1.29 is 0 Å². The average molecular weight is 281 g/mol. The third-order valence-electron chi connectivity index (χ3n) is 3.48. The number of aromatic nitrogens is 1. The van der Waals surface area contributed by atoms with E-state index in [1.54, 1.807) is 0 Å². The van der Waals surface area contributed by atoms with Gasteiger partial charge in [0.2, 0.25) is 0 Å². The molecular weight excluding hydrogens is 268 g/mol. The number of hydrogen-bond donors (Lipinski definition) is 1. The Balaban J connectivity index is 1.88. The first-order chi connectivity index (χ1) is 9.78. The molecule has 1 N–H and O–H groups in total. The van der Waals surface area contributed by atoms with Gasteiger partial charge in [-0.25, -0.2) is 0 Å². The maximum absolute atomic E-state index is 9.22. The Labute approximate surface area is 122 Å². The molecule has 98 valence electrons. The standard InChI is InChI=1S/C17H13ClN2/c18-16-4-2-1-3-13(16)6-5-12-9-14-7-8-20-17(14)15(10-12)11-19/h1-4,7-10,20H,5-6H2. The van der Waals surface area contributed by atoms with Gasteiger partial charge in [-0.05, 0) is 48.2 Å². The molecule has 0 amide bonds. The summed E-state index contributed by atoms with van der Waals surface area (Å²) in [4.78, 5) is 3.11. The number of halogens is 1. The average Bonchev–Trinajstić information content (AvgIpc) is 2.94. The highest BCUT2D eigenvalue weighted by Gasteiger charge is 2.06. The summed E-state index contributed by atoms with van der Waals surface area (Å²) in [6.45, 7) is 0. The van der Waals surface area contributed by atoms with E-state index in [1.807, 2.05) is 42.6 Å². The van der Waals surface area contributed by atoms with E-state index in [1.165, 1.54) is 0 Å². The number of H-pyrrole nitrogens is 1. The Morgan fingerprint density at radius 3 is 2.75 bits per heavy atom. The molecule has 3 rings (SSSR count). The zero-order valence-corrected chi connectivity index (χ0v) is 11.6. The molecule has 0 saturated carbocycles. The molecule has 0 spiro atoms. The topological polar surface area (TPSA) is 39.6 Å². The van der Waals surface area contributed by atoms with Gasteiger partial charge in [-0.2, -0.15) is 5.26 Å². The third-order valence-corrected chi connectivity index (χ3v) is 3.85. The predicted octanol–water partition coefficient (Wildman–Crippen LogP) is 4.48. The van der Waals surface area contributed by atoms with Gasteiger partial charge >= 0.3 is 0 Å². The fourth-order valence-corrected chi connectivity index (χ4v) is 2.68. The van der Waals surface area contributed by atoms with E-state index in [2.05, 4.69) is 17.1 Å². The van der Waals surface area contributed by atoms with Crippen LogP contribution in [-0.4, -0.2) is 4.98 Å². The second kappa shape index (κ2) is 5.40. The molecule has 0 aliphatic heterocycles. The predicted molar refractivity (Wildman–Crippen MR) is 81.9 cm³/mol. The van der Waals surface area contributed by atoms with Crippen molar-refractivity contribution in [1.29, 1.82) is 5.26 Å². The Morgan fingerprint density at radius 2 is 1.95 bits per heavy atom. The lowest BCUT2D eigenvalue weighted by Crippen LogP contribution is -1.93. The number of hydrogen-bond acceptors (Lipinski definition) is 1. The Kier molecular flexibility index (Phi) is 3.45. The quantitative estimate of drug-likeness (QED) is 0.755. The fourth-order valence-electron chi connectivity index (χ4n) is 2.45. The van der Waals surface area contributed by atoms with Crippen LogP contribution in [0.2, 0.25) is 5.02 Å². The highest BCUT2D eigenvalue weighted by Crippen LogP contribution is 2.22. The third kappa shape index (κ3) is 2.41. The summed E-state index contributed by atoms with van der Waals surface area (Å²) >= 11 is 6.17. The Bertz CT molecular complexity index is 796. The summed E-state index contributed by atoms with van der Waals surface area (Å²) in [5.74, 6) is 0. The van der Waals surface area contributed by atoms with Crippen LogP contribution in [0.4, 0.5) is 0 Å². The summed E-state index contributed by atoms with van der Waals surface area (Å²) < 4.78 is 0. The first-order valence-corrected chi connectivity index (χ1v) is 6.89. The summed E-state index contributed by atoms with van der Waals surface area (Å²) in [6.07, 6.45) is 3.61. The van der Waals surface area contributed by atoms with Crippen molar-refractivity contribution in [2.24, 2.45) is 0 Å². The summed E-state index contributed by atoms with van der Waals surface area (Å²) in [5, 5.41) is 11.1.